The molecule has 0 aromatic heterocycles. The first-order valence-corrected chi connectivity index (χ1v) is 9.83. The van der Waals surface area contributed by atoms with E-state index >= 15 is 0 Å². The Bertz CT molecular complexity index is 866. The third-order valence-electron chi connectivity index (χ3n) is 3.71. The van der Waals surface area contributed by atoms with E-state index in [1.54, 1.807) is 37.3 Å². The van der Waals surface area contributed by atoms with Crippen molar-refractivity contribution in [1.82, 2.24) is 10.0 Å². The minimum absolute atomic E-state index is 0.0480. The Morgan fingerprint density at radius 1 is 1.16 bits per heavy atom. The molecule has 2 aromatic carbocycles. The number of carbonyl (C=O) groups is 1. The summed E-state index contributed by atoms with van der Waals surface area (Å²) in [6, 6.07) is 11.5. The van der Waals surface area contributed by atoms with Gasteiger partial charge in [0.05, 0.1) is 4.90 Å². The largest absolute Gasteiger partial charge is 0.352 e. The fraction of sp³-hybridized carbons (Fsp3) is 0.278. The molecule has 0 heterocycles. The van der Waals surface area contributed by atoms with E-state index in [-0.39, 0.29) is 17.3 Å². The molecule has 2 N–H and O–H groups in total. The van der Waals surface area contributed by atoms with Gasteiger partial charge in [0.25, 0.3) is 5.91 Å². The number of benzene rings is 2. The molecule has 0 fully saturated rings. The lowest BCUT2D eigenvalue weighted by Crippen LogP contribution is -2.26. The molecule has 25 heavy (non-hydrogen) atoms. The van der Waals surface area contributed by atoms with E-state index in [4.69, 9.17) is 11.6 Å². The van der Waals surface area contributed by atoms with Gasteiger partial charge in [0.1, 0.15) is 0 Å². The van der Waals surface area contributed by atoms with Gasteiger partial charge in [-0.1, -0.05) is 42.8 Å². The highest BCUT2D eigenvalue weighted by molar-refractivity contribution is 7.89. The summed E-state index contributed by atoms with van der Waals surface area (Å²) < 4.78 is 27.6. The molecule has 7 heteroatoms. The fourth-order valence-corrected chi connectivity index (χ4v) is 3.48. The quantitative estimate of drug-likeness (QED) is 0.774. The standard InChI is InChI=1S/C18H21ClN2O3S/c1-3-10-20-18(22)16-11-15(9-8-13(16)2)25(23,24)21-12-14-6-4-5-7-17(14)19/h4-9,11,21H,3,10,12H2,1-2H3,(H,20,22). The zero-order chi connectivity index (χ0) is 18.4. The molecule has 0 spiro atoms. The Balaban J connectivity index is 2.21. The second kappa shape index (κ2) is 8.47. The average Bonchev–Trinajstić information content (AvgIpc) is 2.59. The van der Waals surface area contributed by atoms with Crippen LogP contribution in [0, 0.1) is 6.92 Å². The number of sulfonamides is 1. The number of amides is 1. The summed E-state index contributed by atoms with van der Waals surface area (Å²) >= 11 is 6.05. The highest BCUT2D eigenvalue weighted by atomic mass is 35.5. The molecule has 134 valence electrons. The van der Waals surface area contributed by atoms with Crippen LogP contribution in [-0.2, 0) is 16.6 Å². The molecule has 0 saturated heterocycles. The molecule has 0 radical (unpaired) electrons. The first kappa shape index (κ1) is 19.4. The predicted molar refractivity (Wildman–Crippen MR) is 99.3 cm³/mol. The SMILES string of the molecule is CCCNC(=O)c1cc(S(=O)(=O)NCc2ccccc2Cl)ccc1C. The molecule has 1 amide bonds. The Hall–Kier alpha value is -1.89. The number of halogens is 1. The second-order valence-electron chi connectivity index (χ2n) is 5.65. The first-order chi connectivity index (χ1) is 11.8. The molecular weight excluding hydrogens is 360 g/mol. The van der Waals surface area contributed by atoms with Crippen molar-refractivity contribution in [3.05, 3.63) is 64.2 Å². The van der Waals surface area contributed by atoms with E-state index in [1.807, 2.05) is 6.92 Å². The van der Waals surface area contributed by atoms with Crippen molar-refractivity contribution in [3.8, 4) is 0 Å². The van der Waals surface area contributed by atoms with Gasteiger partial charge in [-0.05, 0) is 42.7 Å². The normalized spacial score (nSPS) is 11.3. The highest BCUT2D eigenvalue weighted by Crippen LogP contribution is 2.18. The molecule has 0 bridgehead atoms. The Kier molecular flexibility index (Phi) is 6.58. The lowest BCUT2D eigenvalue weighted by Gasteiger charge is -2.11. The fourth-order valence-electron chi connectivity index (χ4n) is 2.24. The lowest BCUT2D eigenvalue weighted by molar-refractivity contribution is 0.0953. The van der Waals surface area contributed by atoms with E-state index in [1.165, 1.54) is 12.1 Å². The third kappa shape index (κ3) is 5.04. The summed E-state index contributed by atoms with van der Waals surface area (Å²) in [4.78, 5) is 12.2. The van der Waals surface area contributed by atoms with Crippen molar-refractivity contribution < 1.29 is 13.2 Å². The number of rotatable bonds is 7. The number of aryl methyl sites for hydroxylation is 1. The molecule has 0 aliphatic heterocycles. The van der Waals surface area contributed by atoms with Crippen molar-refractivity contribution >= 4 is 27.5 Å². The smallest absolute Gasteiger partial charge is 0.251 e. The van der Waals surface area contributed by atoms with Gasteiger partial charge in [0.15, 0.2) is 0 Å². The van der Waals surface area contributed by atoms with Crippen LogP contribution in [0.5, 0.6) is 0 Å². The predicted octanol–water partition coefficient (Wildman–Crippen LogP) is 3.27. The minimum atomic E-state index is -3.76. The van der Waals surface area contributed by atoms with Crippen LogP contribution in [-0.4, -0.2) is 20.9 Å². The van der Waals surface area contributed by atoms with E-state index in [2.05, 4.69) is 10.0 Å². The molecule has 0 unspecified atom stereocenters. The molecule has 2 aromatic rings. The van der Waals surface area contributed by atoms with Crippen molar-refractivity contribution in [1.29, 1.82) is 0 Å². The number of hydrogen-bond acceptors (Lipinski definition) is 3. The van der Waals surface area contributed by atoms with Gasteiger partial charge in [-0.15, -0.1) is 0 Å². The van der Waals surface area contributed by atoms with Crippen molar-refractivity contribution in [2.45, 2.75) is 31.7 Å². The van der Waals surface area contributed by atoms with Crippen molar-refractivity contribution in [3.63, 3.8) is 0 Å². The van der Waals surface area contributed by atoms with Crippen LogP contribution >= 0.6 is 11.6 Å². The van der Waals surface area contributed by atoms with Gasteiger partial charge in [0.2, 0.25) is 10.0 Å². The zero-order valence-corrected chi connectivity index (χ0v) is 15.7. The summed E-state index contributed by atoms with van der Waals surface area (Å²) in [5, 5.41) is 3.26. The lowest BCUT2D eigenvalue weighted by atomic mass is 10.1. The molecular formula is C18H21ClN2O3S. The summed E-state index contributed by atoms with van der Waals surface area (Å²) in [6.45, 7) is 4.34. The van der Waals surface area contributed by atoms with Crippen LogP contribution < -0.4 is 10.0 Å². The van der Waals surface area contributed by atoms with Crippen LogP contribution in [0.15, 0.2) is 47.4 Å². The van der Waals surface area contributed by atoms with Crippen LogP contribution in [0.25, 0.3) is 0 Å². The Morgan fingerprint density at radius 3 is 2.56 bits per heavy atom. The maximum atomic E-state index is 12.5. The van der Waals surface area contributed by atoms with E-state index in [9.17, 15) is 13.2 Å². The third-order valence-corrected chi connectivity index (χ3v) is 5.48. The summed E-state index contributed by atoms with van der Waals surface area (Å²) in [7, 11) is -3.76. The maximum Gasteiger partial charge on any atom is 0.251 e. The summed E-state index contributed by atoms with van der Waals surface area (Å²) in [6.07, 6.45) is 0.808. The van der Waals surface area contributed by atoms with Crippen LogP contribution in [0.4, 0.5) is 0 Å². The van der Waals surface area contributed by atoms with Crippen LogP contribution in [0.2, 0.25) is 5.02 Å². The minimum Gasteiger partial charge on any atom is -0.352 e. The van der Waals surface area contributed by atoms with Gasteiger partial charge >= 0.3 is 0 Å². The van der Waals surface area contributed by atoms with Gasteiger partial charge < -0.3 is 5.32 Å². The summed E-state index contributed by atoms with van der Waals surface area (Å²) in [5.74, 6) is -0.275. The second-order valence-corrected chi connectivity index (χ2v) is 7.82. The zero-order valence-electron chi connectivity index (χ0n) is 14.2. The first-order valence-electron chi connectivity index (χ1n) is 7.97. The van der Waals surface area contributed by atoms with Crippen molar-refractivity contribution in [2.24, 2.45) is 0 Å². The van der Waals surface area contributed by atoms with Gasteiger partial charge in [0, 0.05) is 23.7 Å². The molecule has 0 saturated carbocycles. The van der Waals surface area contributed by atoms with Crippen molar-refractivity contribution in [2.75, 3.05) is 6.54 Å². The van der Waals surface area contributed by atoms with Gasteiger partial charge in [-0.3, -0.25) is 4.79 Å². The van der Waals surface area contributed by atoms with Gasteiger partial charge in [-0.25, -0.2) is 13.1 Å². The molecule has 0 aliphatic carbocycles. The number of carbonyl (C=O) groups excluding carboxylic acids is 1. The Labute approximate surface area is 153 Å². The topological polar surface area (TPSA) is 75.3 Å². The van der Waals surface area contributed by atoms with E-state index in [0.29, 0.717) is 22.7 Å². The van der Waals surface area contributed by atoms with E-state index in [0.717, 1.165) is 12.0 Å². The Morgan fingerprint density at radius 2 is 1.88 bits per heavy atom. The van der Waals surface area contributed by atoms with Gasteiger partial charge in [-0.2, -0.15) is 0 Å². The monoisotopic (exact) mass is 380 g/mol. The highest BCUT2D eigenvalue weighted by Gasteiger charge is 2.18. The molecule has 0 aliphatic rings. The van der Waals surface area contributed by atoms with E-state index < -0.39 is 10.0 Å². The molecule has 5 nitrogen and oxygen atoms in total. The summed E-state index contributed by atoms with van der Waals surface area (Å²) in [5.41, 5.74) is 1.76. The molecule has 2 rings (SSSR count). The number of nitrogens with one attached hydrogen (secondary N) is 2. The van der Waals surface area contributed by atoms with Crippen LogP contribution in [0.3, 0.4) is 0 Å². The number of hydrogen-bond donors (Lipinski definition) is 2. The maximum absolute atomic E-state index is 12.5. The molecule has 0 atom stereocenters. The van der Waals surface area contributed by atoms with Crippen LogP contribution in [0.1, 0.15) is 34.8 Å². The average molecular weight is 381 g/mol.